The molecule has 2 aromatic carbocycles. The van der Waals surface area contributed by atoms with E-state index in [1.807, 2.05) is 0 Å². The molecule has 1 heterocycles. The molecule has 1 aliphatic heterocycles. The second-order valence-corrected chi connectivity index (χ2v) is 7.86. The third kappa shape index (κ3) is 4.07. The molecular formula is C17H18ClNO5S. The number of phenolic OH excluding ortho intramolecular Hbond substituents is 1. The molecule has 0 saturated carbocycles. The molecule has 0 aromatic heterocycles. The minimum absolute atomic E-state index is 0.0320. The molecule has 0 radical (unpaired) electrons. The van der Waals surface area contributed by atoms with E-state index in [0.717, 1.165) is 0 Å². The summed E-state index contributed by atoms with van der Waals surface area (Å²) in [5.74, 6) is 0.415. The number of sulfonamides is 1. The Morgan fingerprint density at radius 1 is 1.16 bits per heavy atom. The highest BCUT2D eigenvalue weighted by atomic mass is 35.5. The van der Waals surface area contributed by atoms with Crippen molar-refractivity contribution in [3.63, 3.8) is 0 Å². The smallest absolute Gasteiger partial charge is 0.243 e. The third-order valence-electron chi connectivity index (χ3n) is 3.89. The molecule has 1 N–H and O–H groups in total. The maximum Gasteiger partial charge on any atom is 0.243 e. The number of hydrogen-bond donors (Lipinski definition) is 1. The number of morpholine rings is 1. The van der Waals surface area contributed by atoms with Crippen LogP contribution in [0.1, 0.15) is 5.56 Å². The van der Waals surface area contributed by atoms with Crippen molar-refractivity contribution in [1.82, 2.24) is 4.31 Å². The van der Waals surface area contributed by atoms with Crippen LogP contribution < -0.4 is 4.74 Å². The lowest BCUT2D eigenvalue weighted by atomic mass is 10.2. The van der Waals surface area contributed by atoms with Gasteiger partial charge in [-0.1, -0.05) is 23.7 Å². The van der Waals surface area contributed by atoms with Crippen molar-refractivity contribution in [2.45, 2.75) is 11.5 Å². The fourth-order valence-electron chi connectivity index (χ4n) is 2.51. The topological polar surface area (TPSA) is 76.1 Å². The first-order valence-electron chi connectivity index (χ1n) is 7.75. The Hall–Kier alpha value is -1.80. The highest BCUT2D eigenvalue weighted by Gasteiger charge is 2.26. The van der Waals surface area contributed by atoms with Gasteiger partial charge in [0.05, 0.1) is 23.1 Å². The van der Waals surface area contributed by atoms with Gasteiger partial charge in [0.1, 0.15) is 18.1 Å². The van der Waals surface area contributed by atoms with Crippen LogP contribution in [-0.4, -0.2) is 44.1 Å². The molecule has 134 valence electrons. The van der Waals surface area contributed by atoms with Gasteiger partial charge in [0.2, 0.25) is 10.0 Å². The highest BCUT2D eigenvalue weighted by Crippen LogP contribution is 2.28. The Labute approximate surface area is 151 Å². The Balaban J connectivity index is 1.77. The summed E-state index contributed by atoms with van der Waals surface area (Å²) in [5, 5.41) is 10.2. The Kier molecular flexibility index (Phi) is 5.48. The zero-order valence-electron chi connectivity index (χ0n) is 13.4. The van der Waals surface area contributed by atoms with Crippen molar-refractivity contribution in [1.29, 1.82) is 0 Å². The van der Waals surface area contributed by atoms with Crippen LogP contribution in [0.3, 0.4) is 0 Å². The molecule has 8 heteroatoms. The van der Waals surface area contributed by atoms with Gasteiger partial charge >= 0.3 is 0 Å². The minimum atomic E-state index is -3.59. The fourth-order valence-corrected chi connectivity index (χ4v) is 4.17. The van der Waals surface area contributed by atoms with Crippen molar-refractivity contribution < 1.29 is 23.0 Å². The summed E-state index contributed by atoms with van der Waals surface area (Å²) in [4.78, 5) is 0.162. The van der Waals surface area contributed by atoms with E-state index >= 15 is 0 Å². The van der Waals surface area contributed by atoms with Crippen LogP contribution in [0.25, 0.3) is 0 Å². The first-order chi connectivity index (χ1) is 12.0. The van der Waals surface area contributed by atoms with Crippen LogP contribution >= 0.6 is 11.6 Å². The zero-order valence-corrected chi connectivity index (χ0v) is 15.0. The fraction of sp³-hybridized carbons (Fsp3) is 0.294. The van der Waals surface area contributed by atoms with Gasteiger partial charge in [0, 0.05) is 24.7 Å². The molecule has 0 amide bonds. The van der Waals surface area contributed by atoms with Gasteiger partial charge in [-0.2, -0.15) is 4.31 Å². The van der Waals surface area contributed by atoms with Gasteiger partial charge in [-0.3, -0.25) is 0 Å². The van der Waals surface area contributed by atoms with E-state index in [0.29, 0.717) is 42.6 Å². The van der Waals surface area contributed by atoms with E-state index in [4.69, 9.17) is 21.1 Å². The van der Waals surface area contributed by atoms with Crippen molar-refractivity contribution in [3.05, 3.63) is 53.1 Å². The predicted octanol–water partition coefficient (Wildman–Crippen LogP) is 2.65. The van der Waals surface area contributed by atoms with Gasteiger partial charge in [-0.05, 0) is 24.3 Å². The lowest BCUT2D eigenvalue weighted by Gasteiger charge is -2.26. The number of phenols is 1. The summed E-state index contributed by atoms with van der Waals surface area (Å²) < 4.78 is 37.6. The number of aromatic hydroxyl groups is 1. The lowest BCUT2D eigenvalue weighted by Crippen LogP contribution is -2.40. The largest absolute Gasteiger partial charge is 0.507 e. The van der Waals surface area contributed by atoms with Crippen molar-refractivity contribution in [2.75, 3.05) is 26.3 Å². The molecule has 1 saturated heterocycles. The molecule has 1 fully saturated rings. The van der Waals surface area contributed by atoms with Gasteiger partial charge in [0.15, 0.2) is 0 Å². The van der Waals surface area contributed by atoms with Crippen molar-refractivity contribution in [2.24, 2.45) is 0 Å². The van der Waals surface area contributed by atoms with E-state index in [1.165, 1.54) is 22.5 Å². The number of halogens is 1. The average Bonchev–Trinajstić information content (AvgIpc) is 2.62. The molecule has 25 heavy (non-hydrogen) atoms. The van der Waals surface area contributed by atoms with E-state index in [2.05, 4.69) is 0 Å². The summed E-state index contributed by atoms with van der Waals surface area (Å²) in [7, 11) is -3.59. The molecule has 6 nitrogen and oxygen atoms in total. The van der Waals surface area contributed by atoms with Crippen LogP contribution in [0.15, 0.2) is 47.4 Å². The average molecular weight is 384 g/mol. The second kappa shape index (κ2) is 7.61. The molecule has 0 atom stereocenters. The maximum absolute atomic E-state index is 12.7. The first-order valence-corrected chi connectivity index (χ1v) is 9.57. The molecular weight excluding hydrogens is 366 g/mol. The van der Waals surface area contributed by atoms with Crippen LogP contribution in [0, 0.1) is 0 Å². The number of hydrogen-bond acceptors (Lipinski definition) is 5. The molecule has 2 aromatic rings. The summed E-state index contributed by atoms with van der Waals surface area (Å²) in [6, 6.07) is 11.1. The number of rotatable bonds is 5. The van der Waals surface area contributed by atoms with E-state index in [9.17, 15) is 13.5 Å². The van der Waals surface area contributed by atoms with Gasteiger partial charge in [-0.15, -0.1) is 0 Å². The zero-order chi connectivity index (χ0) is 17.9. The van der Waals surface area contributed by atoms with Crippen LogP contribution in [0.2, 0.25) is 5.02 Å². The lowest BCUT2D eigenvalue weighted by molar-refractivity contribution is 0.0730. The first kappa shape index (κ1) is 18.0. The monoisotopic (exact) mass is 383 g/mol. The molecule has 0 unspecified atom stereocenters. The van der Waals surface area contributed by atoms with Crippen molar-refractivity contribution in [3.8, 4) is 11.5 Å². The molecule has 1 aliphatic rings. The molecule has 0 spiro atoms. The van der Waals surface area contributed by atoms with E-state index in [-0.39, 0.29) is 17.3 Å². The minimum Gasteiger partial charge on any atom is -0.507 e. The van der Waals surface area contributed by atoms with Crippen molar-refractivity contribution >= 4 is 21.6 Å². The Bertz CT molecular complexity index is 830. The van der Waals surface area contributed by atoms with Crippen LogP contribution in [0.5, 0.6) is 11.5 Å². The number of ether oxygens (including phenoxy) is 2. The SMILES string of the molecule is O=S(=O)(c1cccc(OCc2c(O)cccc2Cl)c1)N1CCOCC1. The normalized spacial score (nSPS) is 15.9. The standard InChI is InChI=1S/C17H18ClNO5S/c18-16-5-2-6-17(20)15(16)12-24-13-3-1-4-14(11-13)25(21,22)19-7-9-23-10-8-19/h1-6,11,20H,7-10,12H2. The molecule has 3 rings (SSSR count). The summed E-state index contributed by atoms with van der Waals surface area (Å²) in [6.07, 6.45) is 0. The second-order valence-electron chi connectivity index (χ2n) is 5.52. The van der Waals surface area contributed by atoms with E-state index in [1.54, 1.807) is 24.3 Å². The van der Waals surface area contributed by atoms with Gasteiger partial charge < -0.3 is 14.6 Å². The number of nitrogens with zero attached hydrogens (tertiary/aromatic N) is 1. The summed E-state index contributed by atoms with van der Waals surface area (Å²) in [5.41, 5.74) is 0.450. The maximum atomic E-state index is 12.7. The quantitative estimate of drug-likeness (QED) is 0.859. The van der Waals surface area contributed by atoms with Gasteiger partial charge in [0.25, 0.3) is 0 Å². The number of benzene rings is 2. The molecule has 0 aliphatic carbocycles. The highest BCUT2D eigenvalue weighted by molar-refractivity contribution is 7.89. The van der Waals surface area contributed by atoms with Crippen LogP contribution in [0.4, 0.5) is 0 Å². The Morgan fingerprint density at radius 3 is 2.60 bits per heavy atom. The van der Waals surface area contributed by atoms with Gasteiger partial charge in [-0.25, -0.2) is 8.42 Å². The summed E-state index contributed by atoms with van der Waals surface area (Å²) >= 11 is 6.05. The Morgan fingerprint density at radius 2 is 1.88 bits per heavy atom. The molecule has 0 bridgehead atoms. The third-order valence-corrected chi connectivity index (χ3v) is 6.14. The summed E-state index contributed by atoms with van der Waals surface area (Å²) in [6.45, 7) is 1.48. The van der Waals surface area contributed by atoms with Crippen LogP contribution in [-0.2, 0) is 21.4 Å². The predicted molar refractivity (Wildman–Crippen MR) is 93.5 cm³/mol. The van der Waals surface area contributed by atoms with E-state index < -0.39 is 10.0 Å².